The number of hydrogen-bond acceptors (Lipinski definition) is 2. The van der Waals surface area contributed by atoms with Crippen molar-refractivity contribution in [2.45, 2.75) is 32.2 Å². The molecule has 0 atom stereocenters. The van der Waals surface area contributed by atoms with Gasteiger partial charge in [-0.2, -0.15) is 0 Å². The third kappa shape index (κ3) is 2.75. The first-order valence-corrected chi connectivity index (χ1v) is 5.72. The number of carboxylic acids is 1. The Labute approximate surface area is 95.7 Å². The van der Waals surface area contributed by atoms with Crippen LogP contribution in [0.3, 0.4) is 0 Å². The van der Waals surface area contributed by atoms with Crippen molar-refractivity contribution in [1.82, 2.24) is 0 Å². The molecule has 1 saturated carbocycles. The minimum Gasteiger partial charge on any atom is -0.481 e. The fraction of sp³-hybridized carbons (Fsp3) is 0.462. The smallest absolute Gasteiger partial charge is 0.305 e. The fourth-order valence-corrected chi connectivity index (χ4v) is 1.86. The maximum Gasteiger partial charge on any atom is 0.305 e. The van der Waals surface area contributed by atoms with Gasteiger partial charge in [0, 0.05) is 18.3 Å². The van der Waals surface area contributed by atoms with E-state index < -0.39 is 5.97 Å². The van der Waals surface area contributed by atoms with E-state index in [0.717, 1.165) is 5.69 Å². The van der Waals surface area contributed by atoms with Crippen molar-refractivity contribution >= 4 is 11.7 Å². The molecule has 0 unspecified atom stereocenters. The molecular formula is C13H17NO2. The topological polar surface area (TPSA) is 40.5 Å². The van der Waals surface area contributed by atoms with Gasteiger partial charge >= 0.3 is 5.97 Å². The molecule has 1 aliphatic rings. The van der Waals surface area contributed by atoms with Crippen LogP contribution in [0.2, 0.25) is 0 Å². The monoisotopic (exact) mass is 219 g/mol. The van der Waals surface area contributed by atoms with Crippen LogP contribution in [0.5, 0.6) is 0 Å². The Hall–Kier alpha value is -1.51. The lowest BCUT2D eigenvalue weighted by molar-refractivity contribution is -0.136. The lowest BCUT2D eigenvalue weighted by Crippen LogP contribution is -2.28. The van der Waals surface area contributed by atoms with Gasteiger partial charge in [-0.3, -0.25) is 4.79 Å². The molecule has 0 aromatic heterocycles. The van der Waals surface area contributed by atoms with Crippen LogP contribution in [-0.2, 0) is 4.79 Å². The highest BCUT2D eigenvalue weighted by Crippen LogP contribution is 2.31. The van der Waals surface area contributed by atoms with Crippen molar-refractivity contribution in [3.05, 3.63) is 29.8 Å². The summed E-state index contributed by atoms with van der Waals surface area (Å²) in [5.41, 5.74) is 2.38. The molecule has 0 radical (unpaired) electrons. The molecule has 86 valence electrons. The number of carbonyl (C=O) groups is 1. The molecule has 0 amide bonds. The molecule has 3 heteroatoms. The minimum atomic E-state index is -0.724. The fourth-order valence-electron chi connectivity index (χ4n) is 1.86. The van der Waals surface area contributed by atoms with Crippen LogP contribution >= 0.6 is 0 Å². The SMILES string of the molecule is Cc1ccc(N(CCC(=O)O)C2CC2)cc1. The molecule has 3 nitrogen and oxygen atoms in total. The number of hydrogen-bond donors (Lipinski definition) is 1. The number of aliphatic carboxylic acids is 1. The van der Waals surface area contributed by atoms with Gasteiger partial charge in [-0.25, -0.2) is 0 Å². The summed E-state index contributed by atoms with van der Waals surface area (Å²) in [6.45, 7) is 2.67. The molecule has 2 rings (SSSR count). The highest BCUT2D eigenvalue weighted by atomic mass is 16.4. The van der Waals surface area contributed by atoms with Crippen LogP contribution in [-0.4, -0.2) is 23.7 Å². The van der Waals surface area contributed by atoms with Crippen LogP contribution in [0.25, 0.3) is 0 Å². The summed E-state index contributed by atoms with van der Waals surface area (Å²) in [5.74, 6) is -0.724. The van der Waals surface area contributed by atoms with Crippen LogP contribution in [0.15, 0.2) is 24.3 Å². The number of nitrogens with zero attached hydrogens (tertiary/aromatic N) is 1. The molecule has 0 aliphatic heterocycles. The summed E-state index contributed by atoms with van der Waals surface area (Å²) in [7, 11) is 0. The number of carboxylic acid groups (broad SMARTS) is 1. The first-order chi connectivity index (χ1) is 7.66. The summed E-state index contributed by atoms with van der Waals surface area (Å²) in [6, 6.07) is 8.86. The highest BCUT2D eigenvalue weighted by Gasteiger charge is 2.29. The lowest BCUT2D eigenvalue weighted by atomic mass is 10.2. The Kier molecular flexibility index (Phi) is 3.13. The summed E-state index contributed by atoms with van der Waals surface area (Å²) in [4.78, 5) is 12.8. The second-order valence-corrected chi connectivity index (χ2v) is 4.40. The number of anilines is 1. The van der Waals surface area contributed by atoms with E-state index >= 15 is 0 Å². The van der Waals surface area contributed by atoms with E-state index in [-0.39, 0.29) is 6.42 Å². The maximum absolute atomic E-state index is 10.6. The van der Waals surface area contributed by atoms with Gasteiger partial charge in [-0.15, -0.1) is 0 Å². The van der Waals surface area contributed by atoms with E-state index in [4.69, 9.17) is 5.11 Å². The van der Waals surface area contributed by atoms with E-state index in [9.17, 15) is 4.79 Å². The van der Waals surface area contributed by atoms with E-state index in [2.05, 4.69) is 36.1 Å². The van der Waals surface area contributed by atoms with Gasteiger partial charge in [0.15, 0.2) is 0 Å². The Morgan fingerprint density at radius 3 is 2.50 bits per heavy atom. The van der Waals surface area contributed by atoms with Crippen molar-refractivity contribution < 1.29 is 9.90 Å². The molecule has 0 saturated heterocycles. The molecule has 0 heterocycles. The summed E-state index contributed by atoms with van der Waals surface area (Å²) >= 11 is 0. The van der Waals surface area contributed by atoms with Crippen LogP contribution < -0.4 is 4.90 Å². The lowest BCUT2D eigenvalue weighted by Gasteiger charge is -2.24. The summed E-state index contributed by atoms with van der Waals surface area (Å²) in [5, 5.41) is 8.73. The zero-order chi connectivity index (χ0) is 11.5. The van der Waals surface area contributed by atoms with E-state index in [1.165, 1.54) is 18.4 Å². The van der Waals surface area contributed by atoms with Crippen molar-refractivity contribution in [3.63, 3.8) is 0 Å². The zero-order valence-electron chi connectivity index (χ0n) is 9.52. The quantitative estimate of drug-likeness (QED) is 0.826. The molecule has 1 aromatic carbocycles. The number of aryl methyl sites for hydroxylation is 1. The van der Waals surface area contributed by atoms with Gasteiger partial charge in [0.2, 0.25) is 0 Å². The molecular weight excluding hydrogens is 202 g/mol. The average Bonchev–Trinajstić information content (AvgIpc) is 3.04. The molecule has 16 heavy (non-hydrogen) atoms. The third-order valence-corrected chi connectivity index (χ3v) is 2.92. The summed E-state index contributed by atoms with van der Waals surface area (Å²) in [6.07, 6.45) is 2.59. The van der Waals surface area contributed by atoms with Gasteiger partial charge in [-0.05, 0) is 31.9 Å². The van der Waals surface area contributed by atoms with Crippen molar-refractivity contribution in [2.24, 2.45) is 0 Å². The van der Waals surface area contributed by atoms with Crippen LogP contribution in [0, 0.1) is 6.92 Å². The largest absolute Gasteiger partial charge is 0.481 e. The molecule has 0 spiro atoms. The van der Waals surface area contributed by atoms with E-state index in [1.54, 1.807) is 0 Å². The molecule has 0 bridgehead atoms. The van der Waals surface area contributed by atoms with Gasteiger partial charge in [0.05, 0.1) is 6.42 Å². The second-order valence-electron chi connectivity index (χ2n) is 4.40. The Bertz CT molecular complexity index is 368. The second kappa shape index (κ2) is 4.56. The molecule has 1 aromatic rings. The van der Waals surface area contributed by atoms with Gasteiger partial charge in [0.25, 0.3) is 0 Å². The minimum absolute atomic E-state index is 0.213. The first-order valence-electron chi connectivity index (χ1n) is 5.72. The van der Waals surface area contributed by atoms with Gasteiger partial charge < -0.3 is 10.0 Å². The van der Waals surface area contributed by atoms with Gasteiger partial charge in [-0.1, -0.05) is 17.7 Å². The van der Waals surface area contributed by atoms with E-state index in [1.807, 2.05) is 0 Å². The standard InChI is InChI=1S/C13H17NO2/c1-10-2-4-11(5-3-10)14(12-6-7-12)9-8-13(15)16/h2-5,12H,6-9H2,1H3,(H,15,16). The number of rotatable bonds is 5. The average molecular weight is 219 g/mol. The van der Waals surface area contributed by atoms with Crippen molar-refractivity contribution in [3.8, 4) is 0 Å². The molecule has 1 fully saturated rings. The molecule has 1 N–H and O–H groups in total. The Morgan fingerprint density at radius 1 is 1.38 bits per heavy atom. The third-order valence-electron chi connectivity index (χ3n) is 2.92. The summed E-state index contributed by atoms with van der Waals surface area (Å²) < 4.78 is 0. The van der Waals surface area contributed by atoms with Crippen molar-refractivity contribution in [1.29, 1.82) is 0 Å². The van der Waals surface area contributed by atoms with Crippen molar-refractivity contribution in [2.75, 3.05) is 11.4 Å². The predicted octanol–water partition coefficient (Wildman–Crippen LogP) is 2.44. The highest BCUT2D eigenvalue weighted by molar-refractivity contribution is 5.67. The first kappa shape index (κ1) is 11.0. The Balaban J connectivity index is 2.06. The Morgan fingerprint density at radius 2 is 2.00 bits per heavy atom. The zero-order valence-corrected chi connectivity index (χ0v) is 9.52. The van der Waals surface area contributed by atoms with Crippen LogP contribution in [0.4, 0.5) is 5.69 Å². The maximum atomic E-state index is 10.6. The van der Waals surface area contributed by atoms with E-state index in [0.29, 0.717) is 12.6 Å². The normalized spacial score (nSPS) is 14.8. The number of benzene rings is 1. The van der Waals surface area contributed by atoms with Crippen LogP contribution in [0.1, 0.15) is 24.8 Å². The predicted molar refractivity (Wildman–Crippen MR) is 63.8 cm³/mol. The molecule has 1 aliphatic carbocycles. The van der Waals surface area contributed by atoms with Gasteiger partial charge in [0.1, 0.15) is 0 Å².